The second kappa shape index (κ2) is 11.0. The van der Waals surface area contributed by atoms with E-state index in [1.807, 2.05) is 18.2 Å². The standard InChI is InChI=1S/C28H19Cl2FN2O2S/c1-2-3-17-4-6-18(7-5-17)26(34)23(16-32)28-33(22-12-10-21(31)11-13-22)27(35)25(36-28)14-19-8-9-20(29)15-24(19)30/h4-15H,2-3H2,1H3. The summed E-state index contributed by atoms with van der Waals surface area (Å²) in [6.45, 7) is 2.07. The molecule has 0 radical (unpaired) electrons. The van der Waals surface area contributed by atoms with Crippen LogP contribution in [0.1, 0.15) is 34.8 Å². The van der Waals surface area contributed by atoms with Gasteiger partial charge in [-0.2, -0.15) is 5.26 Å². The lowest BCUT2D eigenvalue weighted by atomic mass is 10.0. The van der Waals surface area contributed by atoms with E-state index in [0.717, 1.165) is 29.7 Å². The van der Waals surface area contributed by atoms with Gasteiger partial charge in [0, 0.05) is 15.6 Å². The first kappa shape index (κ1) is 25.6. The molecule has 0 spiro atoms. The fraction of sp³-hybridized carbons (Fsp3) is 0.107. The van der Waals surface area contributed by atoms with Crippen LogP contribution in [0.15, 0.2) is 71.5 Å². The van der Waals surface area contributed by atoms with E-state index in [9.17, 15) is 19.2 Å². The Kier molecular flexibility index (Phi) is 7.85. The van der Waals surface area contributed by atoms with Gasteiger partial charge in [-0.15, -0.1) is 11.3 Å². The number of Topliss-reactive ketones (excluding diaryl/α,β-unsaturated/α-hetero) is 1. The number of hydrogen-bond acceptors (Lipinski definition) is 4. The molecule has 0 saturated heterocycles. The lowest BCUT2D eigenvalue weighted by Crippen LogP contribution is -2.31. The van der Waals surface area contributed by atoms with Crippen molar-refractivity contribution in [2.45, 2.75) is 19.8 Å². The fourth-order valence-electron chi connectivity index (χ4n) is 3.69. The number of aryl methyl sites for hydroxylation is 1. The largest absolute Gasteiger partial charge is 0.288 e. The van der Waals surface area contributed by atoms with Gasteiger partial charge in [0.05, 0.1) is 10.2 Å². The van der Waals surface area contributed by atoms with Crippen LogP contribution in [0.2, 0.25) is 10.0 Å². The van der Waals surface area contributed by atoms with Crippen molar-refractivity contribution >= 4 is 52.0 Å². The van der Waals surface area contributed by atoms with Crippen LogP contribution in [0.25, 0.3) is 17.3 Å². The van der Waals surface area contributed by atoms with E-state index in [0.29, 0.717) is 26.9 Å². The summed E-state index contributed by atoms with van der Waals surface area (Å²) in [5.74, 6) is -0.982. The van der Waals surface area contributed by atoms with Crippen molar-refractivity contribution in [1.29, 1.82) is 5.26 Å². The second-order valence-corrected chi connectivity index (χ2v) is 9.84. The van der Waals surface area contributed by atoms with Crippen LogP contribution < -0.4 is 14.8 Å². The monoisotopic (exact) mass is 536 g/mol. The number of aromatic nitrogens is 1. The number of benzene rings is 3. The highest BCUT2D eigenvalue weighted by Gasteiger charge is 2.19. The van der Waals surface area contributed by atoms with Crippen LogP contribution in [-0.2, 0) is 6.42 Å². The van der Waals surface area contributed by atoms with Crippen molar-refractivity contribution in [2.75, 3.05) is 0 Å². The highest BCUT2D eigenvalue weighted by molar-refractivity contribution is 7.07. The number of carbonyl (C=O) groups excluding carboxylic acids is 1. The van der Waals surface area contributed by atoms with Gasteiger partial charge < -0.3 is 0 Å². The predicted octanol–water partition coefficient (Wildman–Crippen LogP) is 5.68. The molecule has 180 valence electrons. The smallest absolute Gasteiger partial charge is 0.273 e. The molecule has 4 aromatic rings. The second-order valence-electron chi connectivity index (χ2n) is 7.96. The van der Waals surface area contributed by atoms with Gasteiger partial charge in [-0.3, -0.25) is 14.2 Å². The topological polar surface area (TPSA) is 62.9 Å². The van der Waals surface area contributed by atoms with E-state index in [1.165, 1.54) is 28.8 Å². The molecule has 4 nitrogen and oxygen atoms in total. The molecule has 3 aromatic carbocycles. The van der Waals surface area contributed by atoms with E-state index in [4.69, 9.17) is 23.2 Å². The molecular weight excluding hydrogens is 518 g/mol. The Balaban J connectivity index is 1.99. The minimum atomic E-state index is -0.506. The molecule has 1 heterocycles. The van der Waals surface area contributed by atoms with Gasteiger partial charge in [-0.05, 0) is 60.0 Å². The van der Waals surface area contributed by atoms with Crippen LogP contribution >= 0.6 is 34.5 Å². The summed E-state index contributed by atoms with van der Waals surface area (Å²) in [6.07, 6.45) is 3.43. The predicted molar refractivity (Wildman–Crippen MR) is 143 cm³/mol. The number of nitriles is 1. The molecule has 8 heteroatoms. The third-order valence-electron chi connectivity index (χ3n) is 5.47. The van der Waals surface area contributed by atoms with E-state index in [2.05, 4.69) is 6.92 Å². The quantitative estimate of drug-likeness (QED) is 0.297. The van der Waals surface area contributed by atoms with Crippen LogP contribution in [0.5, 0.6) is 0 Å². The molecule has 0 aliphatic carbocycles. The average Bonchev–Trinajstić information content (AvgIpc) is 3.18. The number of halogens is 3. The first-order chi connectivity index (χ1) is 17.3. The van der Waals surface area contributed by atoms with Crippen molar-refractivity contribution < 1.29 is 9.18 Å². The number of hydrogen-bond donors (Lipinski definition) is 0. The summed E-state index contributed by atoms with van der Waals surface area (Å²) < 4.78 is 15.3. The Morgan fingerprint density at radius 3 is 2.39 bits per heavy atom. The van der Waals surface area contributed by atoms with Gasteiger partial charge in [0.2, 0.25) is 5.78 Å². The third kappa shape index (κ3) is 5.34. The molecular formula is C28H19Cl2FN2O2S. The lowest BCUT2D eigenvalue weighted by molar-refractivity contribution is 0.105. The van der Waals surface area contributed by atoms with Crippen LogP contribution in [0.4, 0.5) is 4.39 Å². The number of rotatable bonds is 6. The zero-order valence-corrected chi connectivity index (χ0v) is 21.4. The van der Waals surface area contributed by atoms with Crippen LogP contribution in [0.3, 0.4) is 0 Å². The molecule has 0 aliphatic heterocycles. The lowest BCUT2D eigenvalue weighted by Gasteiger charge is -2.05. The maximum atomic E-state index is 13.6. The van der Waals surface area contributed by atoms with Crippen molar-refractivity contribution in [1.82, 2.24) is 4.57 Å². The van der Waals surface area contributed by atoms with Crippen LogP contribution in [-0.4, -0.2) is 10.4 Å². The molecule has 0 unspecified atom stereocenters. The van der Waals surface area contributed by atoms with E-state index in [1.54, 1.807) is 36.4 Å². The minimum Gasteiger partial charge on any atom is -0.288 e. The van der Waals surface area contributed by atoms with E-state index >= 15 is 0 Å². The van der Waals surface area contributed by atoms with Gasteiger partial charge in [0.25, 0.3) is 5.56 Å². The summed E-state index contributed by atoms with van der Waals surface area (Å²) in [6, 6.07) is 19.2. The summed E-state index contributed by atoms with van der Waals surface area (Å²) in [5, 5.41) is 10.8. The van der Waals surface area contributed by atoms with Gasteiger partial charge in [-0.25, -0.2) is 4.39 Å². The fourth-order valence-corrected chi connectivity index (χ4v) is 5.24. The normalized spacial score (nSPS) is 12.4. The first-order valence-electron chi connectivity index (χ1n) is 11.0. The Bertz CT molecular complexity index is 1670. The van der Waals surface area contributed by atoms with Crippen LogP contribution in [0, 0.1) is 17.1 Å². The molecule has 0 fully saturated rings. The molecule has 0 atom stereocenters. The Morgan fingerprint density at radius 2 is 1.78 bits per heavy atom. The zero-order chi connectivity index (χ0) is 25.8. The van der Waals surface area contributed by atoms with Gasteiger partial charge in [0.15, 0.2) is 0 Å². The Labute approximate surface area is 220 Å². The maximum absolute atomic E-state index is 13.6. The number of thiazole rings is 1. The zero-order valence-electron chi connectivity index (χ0n) is 19.1. The minimum absolute atomic E-state index is 0.146. The van der Waals surface area contributed by atoms with Gasteiger partial charge in [-0.1, -0.05) is 66.9 Å². The first-order valence-corrected chi connectivity index (χ1v) is 12.6. The average molecular weight is 537 g/mol. The molecule has 1 aromatic heterocycles. The van der Waals surface area contributed by atoms with Crippen molar-refractivity contribution in [2.24, 2.45) is 0 Å². The van der Waals surface area contributed by atoms with Crippen molar-refractivity contribution in [3.05, 3.63) is 119 Å². The van der Waals surface area contributed by atoms with Gasteiger partial charge >= 0.3 is 0 Å². The highest BCUT2D eigenvalue weighted by Crippen LogP contribution is 2.21. The molecule has 0 aliphatic rings. The van der Waals surface area contributed by atoms with E-state index in [-0.39, 0.29) is 14.8 Å². The van der Waals surface area contributed by atoms with Crippen molar-refractivity contribution in [3.63, 3.8) is 0 Å². The summed E-state index contributed by atoms with van der Waals surface area (Å²) in [7, 11) is 0. The summed E-state index contributed by atoms with van der Waals surface area (Å²) >= 11 is 13.3. The Hall–Kier alpha value is -3.50. The maximum Gasteiger partial charge on any atom is 0.273 e. The number of carbonyl (C=O) groups is 1. The SMILES string of the molecule is CCCc1ccc(C(=O)C(C#N)=c2sc(=Cc3ccc(Cl)cc3Cl)c(=O)n2-c2ccc(F)cc2)cc1. The molecule has 0 bridgehead atoms. The molecule has 0 N–H and O–H groups in total. The Morgan fingerprint density at radius 1 is 1.08 bits per heavy atom. The molecule has 0 amide bonds. The number of nitrogens with zero attached hydrogens (tertiary/aromatic N) is 2. The molecule has 4 rings (SSSR count). The number of ketones is 1. The third-order valence-corrected chi connectivity index (χ3v) is 7.12. The molecule has 36 heavy (non-hydrogen) atoms. The van der Waals surface area contributed by atoms with Crippen molar-refractivity contribution in [3.8, 4) is 11.8 Å². The summed E-state index contributed by atoms with van der Waals surface area (Å²) in [4.78, 5) is 26.9. The van der Waals surface area contributed by atoms with Gasteiger partial charge in [0.1, 0.15) is 22.1 Å². The van der Waals surface area contributed by atoms with E-state index < -0.39 is 17.2 Å². The summed E-state index contributed by atoms with van der Waals surface area (Å²) in [5.41, 5.74) is 1.65. The highest BCUT2D eigenvalue weighted by atomic mass is 35.5. The molecule has 0 saturated carbocycles.